The predicted octanol–water partition coefficient (Wildman–Crippen LogP) is 10.8. The molecule has 0 aromatic heterocycles. The second-order valence-corrected chi connectivity index (χ2v) is 12.5. The van der Waals surface area contributed by atoms with Crippen LogP contribution in [0.4, 0.5) is 5.69 Å². The van der Waals surface area contributed by atoms with Crippen LogP contribution in [0.15, 0.2) is 61.7 Å². The zero-order chi connectivity index (χ0) is 28.1. The van der Waals surface area contributed by atoms with Crippen LogP contribution < -0.4 is 4.90 Å². The highest BCUT2D eigenvalue weighted by atomic mass is 32.1. The van der Waals surface area contributed by atoms with Crippen LogP contribution in [0.1, 0.15) is 108 Å². The fourth-order valence-corrected chi connectivity index (χ4v) is 5.78. The van der Waals surface area contributed by atoms with Gasteiger partial charge >= 0.3 is 0 Å². The van der Waals surface area contributed by atoms with E-state index in [0.29, 0.717) is 5.92 Å². The molecule has 2 rings (SSSR count). The van der Waals surface area contributed by atoms with Crippen molar-refractivity contribution < 1.29 is 0 Å². The Bertz CT molecular complexity index is 1000. The summed E-state index contributed by atoms with van der Waals surface area (Å²) in [5.41, 5.74) is 8.03. The largest absolute Gasteiger partial charge is 0.371 e. The molecule has 0 saturated heterocycles. The van der Waals surface area contributed by atoms with Gasteiger partial charge in [0.05, 0.1) is 0 Å². The van der Waals surface area contributed by atoms with Crippen LogP contribution in [0.5, 0.6) is 0 Å². The molecule has 2 heteroatoms. The smallest absolute Gasteiger partial charge is 0.0396 e. The number of allylic oxidation sites excluding steroid dienone is 2. The number of rotatable bonds is 18. The third-order valence-corrected chi connectivity index (χ3v) is 9.06. The zero-order valence-electron chi connectivity index (χ0n) is 25.4. The summed E-state index contributed by atoms with van der Waals surface area (Å²) in [6, 6.07) is 16.1. The van der Waals surface area contributed by atoms with E-state index in [0.717, 1.165) is 51.1 Å². The maximum absolute atomic E-state index is 5.04. The molecule has 2 aromatic rings. The third-order valence-electron chi connectivity index (χ3n) is 8.17. The van der Waals surface area contributed by atoms with Crippen molar-refractivity contribution in [2.24, 2.45) is 11.8 Å². The summed E-state index contributed by atoms with van der Waals surface area (Å²) in [5.74, 6) is 1.38. The zero-order valence-corrected chi connectivity index (χ0v) is 26.3. The minimum absolute atomic E-state index is 0.0444. The van der Waals surface area contributed by atoms with E-state index >= 15 is 0 Å². The molecule has 0 heterocycles. The number of hydrogen-bond acceptors (Lipinski definition) is 2. The van der Waals surface area contributed by atoms with E-state index in [2.05, 4.69) is 108 Å². The van der Waals surface area contributed by atoms with Gasteiger partial charge in [0.1, 0.15) is 0 Å². The maximum Gasteiger partial charge on any atom is 0.0396 e. The van der Waals surface area contributed by atoms with E-state index in [4.69, 9.17) is 12.6 Å². The summed E-state index contributed by atoms with van der Waals surface area (Å²) in [4.78, 5) is 2.58. The monoisotopic (exact) mass is 533 g/mol. The van der Waals surface area contributed by atoms with Gasteiger partial charge < -0.3 is 4.90 Å². The van der Waals surface area contributed by atoms with Gasteiger partial charge in [-0.15, -0.1) is 6.58 Å². The van der Waals surface area contributed by atoms with Crippen molar-refractivity contribution in [2.45, 2.75) is 104 Å². The Hall–Kier alpha value is -1.93. The first kappa shape index (κ1) is 32.3. The van der Waals surface area contributed by atoms with Gasteiger partial charge in [0, 0.05) is 23.5 Å². The molecular weight excluding hydrogens is 478 g/mol. The molecule has 210 valence electrons. The molecule has 0 bridgehead atoms. The van der Waals surface area contributed by atoms with Crippen molar-refractivity contribution in [1.82, 2.24) is 0 Å². The predicted molar refractivity (Wildman–Crippen MR) is 176 cm³/mol. The van der Waals surface area contributed by atoms with Crippen molar-refractivity contribution in [3.63, 3.8) is 0 Å². The molecule has 0 aliphatic heterocycles. The lowest BCUT2D eigenvalue weighted by Crippen LogP contribution is -2.30. The summed E-state index contributed by atoms with van der Waals surface area (Å²) >= 11 is 5.04. The highest BCUT2D eigenvalue weighted by Crippen LogP contribution is 2.37. The second kappa shape index (κ2) is 16.2. The van der Waals surface area contributed by atoms with Crippen LogP contribution in [0.25, 0.3) is 5.57 Å². The van der Waals surface area contributed by atoms with E-state index in [1.54, 1.807) is 0 Å². The molecule has 0 saturated carbocycles. The van der Waals surface area contributed by atoms with Gasteiger partial charge in [-0.25, -0.2) is 0 Å². The van der Waals surface area contributed by atoms with Gasteiger partial charge in [0.15, 0.2) is 0 Å². The van der Waals surface area contributed by atoms with Crippen LogP contribution in [0, 0.1) is 18.8 Å². The quantitative estimate of drug-likeness (QED) is 0.147. The first-order valence-corrected chi connectivity index (χ1v) is 15.6. The highest BCUT2D eigenvalue weighted by Gasteiger charge is 2.24. The number of anilines is 1. The molecule has 0 amide bonds. The average molecular weight is 534 g/mol. The normalized spacial score (nSPS) is 12.5. The number of hydrogen-bond donors (Lipinski definition) is 1. The molecule has 0 fully saturated rings. The summed E-state index contributed by atoms with van der Waals surface area (Å²) < 4.78 is -0.0444. The molecule has 2 aromatic carbocycles. The lowest BCUT2D eigenvalue weighted by Gasteiger charge is -2.31. The average Bonchev–Trinajstić information content (AvgIpc) is 2.91. The number of thiol groups is 1. The van der Waals surface area contributed by atoms with E-state index in [-0.39, 0.29) is 4.75 Å². The lowest BCUT2D eigenvalue weighted by atomic mass is 9.89. The Labute approximate surface area is 241 Å². The number of benzene rings is 2. The Balaban J connectivity index is 2.12. The van der Waals surface area contributed by atoms with E-state index < -0.39 is 0 Å². The van der Waals surface area contributed by atoms with E-state index in [1.807, 2.05) is 0 Å². The van der Waals surface area contributed by atoms with Crippen LogP contribution >= 0.6 is 12.6 Å². The first-order valence-electron chi connectivity index (χ1n) is 15.1. The molecule has 1 atom stereocenters. The molecule has 0 aliphatic rings. The van der Waals surface area contributed by atoms with Gasteiger partial charge in [-0.2, -0.15) is 12.6 Å². The van der Waals surface area contributed by atoms with Crippen LogP contribution in [-0.4, -0.2) is 13.1 Å². The summed E-state index contributed by atoms with van der Waals surface area (Å²) in [7, 11) is 0. The lowest BCUT2D eigenvalue weighted by molar-refractivity contribution is 0.424. The third kappa shape index (κ3) is 9.67. The summed E-state index contributed by atoms with van der Waals surface area (Å²) in [6.45, 7) is 24.1. The van der Waals surface area contributed by atoms with Crippen molar-refractivity contribution >= 4 is 23.9 Å². The molecule has 0 N–H and O–H groups in total. The number of aryl methyl sites for hydroxylation is 1. The molecule has 38 heavy (non-hydrogen) atoms. The minimum atomic E-state index is -0.0444. The Morgan fingerprint density at radius 2 is 1.76 bits per heavy atom. The van der Waals surface area contributed by atoms with Gasteiger partial charge in [-0.1, -0.05) is 96.5 Å². The molecular formula is C36H55NS. The highest BCUT2D eigenvalue weighted by molar-refractivity contribution is 7.81. The second-order valence-electron chi connectivity index (χ2n) is 11.7. The SMILES string of the molecule is C=CCCC(CCC)CCC(=C)c1cccc(CCN(CC(C)C)c2ccc(C(S)(CC)CC)cc2C)c1. The Kier molecular flexibility index (Phi) is 13.8. The van der Waals surface area contributed by atoms with E-state index in [1.165, 1.54) is 59.2 Å². The van der Waals surface area contributed by atoms with E-state index in [9.17, 15) is 0 Å². The topological polar surface area (TPSA) is 3.24 Å². The Morgan fingerprint density at radius 3 is 2.37 bits per heavy atom. The first-order chi connectivity index (χ1) is 18.2. The molecule has 0 aliphatic carbocycles. The summed E-state index contributed by atoms with van der Waals surface area (Å²) in [6.07, 6.45) is 12.4. The molecule has 0 radical (unpaired) electrons. The van der Waals surface area contributed by atoms with Crippen molar-refractivity contribution in [1.29, 1.82) is 0 Å². The maximum atomic E-state index is 5.04. The van der Waals surface area contributed by atoms with Crippen molar-refractivity contribution in [2.75, 3.05) is 18.0 Å². The molecule has 1 unspecified atom stereocenters. The fraction of sp³-hybridized carbons (Fsp3) is 0.556. The van der Waals surface area contributed by atoms with Crippen LogP contribution in [-0.2, 0) is 11.2 Å². The van der Waals surface area contributed by atoms with Crippen LogP contribution in [0.2, 0.25) is 0 Å². The van der Waals surface area contributed by atoms with Gasteiger partial charge in [-0.3, -0.25) is 0 Å². The van der Waals surface area contributed by atoms with Crippen LogP contribution in [0.3, 0.4) is 0 Å². The van der Waals surface area contributed by atoms with Crippen molar-refractivity contribution in [3.05, 3.63) is 84.0 Å². The standard InChI is InChI=1S/C36H55NS/c1-9-13-16-31(15-10-2)20-19-29(7)33-18-14-17-32(26-33)23-24-37(27-28(5)6)35-22-21-34(25-30(35)8)36(38,11-3)12-4/h9,14,17-18,21-22,25-26,28,31,38H,1,7,10-13,15-16,19-20,23-24,27H2,2-6,8H3. The fourth-order valence-electron chi connectivity index (χ4n) is 5.64. The van der Waals surface area contributed by atoms with Gasteiger partial charge in [-0.05, 0) is 97.6 Å². The minimum Gasteiger partial charge on any atom is -0.371 e. The molecule has 0 spiro atoms. The Morgan fingerprint density at radius 1 is 1.03 bits per heavy atom. The summed E-state index contributed by atoms with van der Waals surface area (Å²) in [5, 5.41) is 0. The van der Waals surface area contributed by atoms with Gasteiger partial charge in [0.2, 0.25) is 0 Å². The van der Waals surface area contributed by atoms with Gasteiger partial charge in [0.25, 0.3) is 0 Å². The molecule has 1 nitrogen and oxygen atoms in total. The van der Waals surface area contributed by atoms with Crippen molar-refractivity contribution in [3.8, 4) is 0 Å². The number of nitrogens with zero attached hydrogens (tertiary/aromatic N) is 1.